The summed E-state index contributed by atoms with van der Waals surface area (Å²) < 4.78 is 46.5. The maximum Gasteiger partial charge on any atom is 0.417 e. The number of aryl methyl sites for hydroxylation is 1. The van der Waals surface area contributed by atoms with Crippen LogP contribution in [0.25, 0.3) is 11.8 Å². The van der Waals surface area contributed by atoms with E-state index in [9.17, 15) is 23.2 Å². The van der Waals surface area contributed by atoms with Crippen molar-refractivity contribution >= 4 is 23.6 Å². The second-order valence-corrected chi connectivity index (χ2v) is 7.16. The van der Waals surface area contributed by atoms with E-state index in [1.807, 2.05) is 6.07 Å². The standard InChI is InChI=1S/C22H17ClF3N3O2/c1-13-8-15(9-16(11-27)21(30)28-12-18-4-3-7-31-18)14(2)29(13)17-5-6-20(23)19(10-17)22(24,25)26/h3-10H,12H2,1-2H3,(H,28,30). The third kappa shape index (κ3) is 4.84. The number of amides is 1. The van der Waals surface area contributed by atoms with Crippen LogP contribution in [-0.2, 0) is 17.5 Å². The molecule has 160 valence electrons. The lowest BCUT2D eigenvalue weighted by atomic mass is 10.1. The van der Waals surface area contributed by atoms with Crippen LogP contribution in [0, 0.1) is 25.2 Å². The number of nitrogens with one attached hydrogen (secondary N) is 1. The summed E-state index contributed by atoms with van der Waals surface area (Å²) in [5, 5.41) is 11.6. The summed E-state index contributed by atoms with van der Waals surface area (Å²) in [5.41, 5.74) is 0.926. The zero-order valence-electron chi connectivity index (χ0n) is 16.5. The van der Waals surface area contributed by atoms with Crippen molar-refractivity contribution < 1.29 is 22.4 Å². The first-order valence-corrected chi connectivity index (χ1v) is 9.48. The molecule has 0 unspecified atom stereocenters. The normalized spacial score (nSPS) is 12.0. The molecule has 2 heterocycles. The highest BCUT2D eigenvalue weighted by Gasteiger charge is 2.33. The number of hydrogen-bond acceptors (Lipinski definition) is 3. The van der Waals surface area contributed by atoms with Gasteiger partial charge >= 0.3 is 6.18 Å². The van der Waals surface area contributed by atoms with Gasteiger partial charge < -0.3 is 14.3 Å². The topological polar surface area (TPSA) is 71.0 Å². The number of alkyl halides is 3. The number of nitriles is 1. The van der Waals surface area contributed by atoms with Gasteiger partial charge in [-0.05, 0) is 61.9 Å². The number of carbonyl (C=O) groups is 1. The van der Waals surface area contributed by atoms with E-state index >= 15 is 0 Å². The number of furan rings is 1. The summed E-state index contributed by atoms with van der Waals surface area (Å²) in [4.78, 5) is 12.3. The summed E-state index contributed by atoms with van der Waals surface area (Å²) in [6, 6.07) is 10.5. The van der Waals surface area contributed by atoms with Gasteiger partial charge in [0.15, 0.2) is 0 Å². The number of aromatic nitrogens is 1. The smallest absolute Gasteiger partial charge is 0.417 e. The Morgan fingerprint density at radius 2 is 2.03 bits per heavy atom. The van der Waals surface area contributed by atoms with Gasteiger partial charge in [-0.1, -0.05) is 11.6 Å². The van der Waals surface area contributed by atoms with Crippen molar-refractivity contribution in [3.63, 3.8) is 0 Å². The highest BCUT2D eigenvalue weighted by molar-refractivity contribution is 6.31. The molecule has 0 saturated carbocycles. The van der Waals surface area contributed by atoms with Crippen LogP contribution in [0.1, 0.15) is 28.3 Å². The molecular weight excluding hydrogens is 431 g/mol. The Kier molecular flexibility index (Phi) is 6.27. The van der Waals surface area contributed by atoms with E-state index in [0.717, 1.165) is 6.07 Å². The molecule has 0 aliphatic heterocycles. The lowest BCUT2D eigenvalue weighted by Crippen LogP contribution is -2.23. The average Bonchev–Trinajstić information content (AvgIpc) is 3.32. The van der Waals surface area contributed by atoms with Gasteiger partial charge in [0, 0.05) is 17.1 Å². The van der Waals surface area contributed by atoms with Crippen molar-refractivity contribution in [2.45, 2.75) is 26.6 Å². The molecule has 0 aliphatic rings. The second kappa shape index (κ2) is 8.74. The predicted molar refractivity (Wildman–Crippen MR) is 109 cm³/mol. The summed E-state index contributed by atoms with van der Waals surface area (Å²) in [6.45, 7) is 3.53. The summed E-state index contributed by atoms with van der Waals surface area (Å²) in [5.74, 6) is -0.0541. The van der Waals surface area contributed by atoms with Gasteiger partial charge in [-0.25, -0.2) is 0 Å². The molecule has 0 bridgehead atoms. The van der Waals surface area contributed by atoms with Gasteiger partial charge in [0.1, 0.15) is 17.4 Å². The molecule has 0 radical (unpaired) electrons. The molecule has 0 atom stereocenters. The van der Waals surface area contributed by atoms with Crippen molar-refractivity contribution in [2.24, 2.45) is 0 Å². The van der Waals surface area contributed by atoms with E-state index in [1.54, 1.807) is 36.6 Å². The maximum atomic E-state index is 13.2. The monoisotopic (exact) mass is 447 g/mol. The van der Waals surface area contributed by atoms with Crippen molar-refractivity contribution in [1.29, 1.82) is 5.26 Å². The number of benzene rings is 1. The Bertz CT molecular complexity index is 1190. The predicted octanol–water partition coefficient (Wildman–Crippen LogP) is 5.58. The Balaban J connectivity index is 1.94. The van der Waals surface area contributed by atoms with Crippen LogP contribution in [0.3, 0.4) is 0 Å². The van der Waals surface area contributed by atoms with Crippen molar-refractivity contribution in [2.75, 3.05) is 0 Å². The average molecular weight is 448 g/mol. The number of carbonyl (C=O) groups excluding carboxylic acids is 1. The molecule has 0 saturated heterocycles. The van der Waals surface area contributed by atoms with Crippen LogP contribution in [0.2, 0.25) is 5.02 Å². The number of rotatable bonds is 5. The zero-order valence-corrected chi connectivity index (χ0v) is 17.3. The van der Waals surface area contributed by atoms with E-state index in [-0.39, 0.29) is 22.8 Å². The van der Waals surface area contributed by atoms with E-state index in [1.165, 1.54) is 24.5 Å². The fraction of sp³-hybridized carbons (Fsp3) is 0.182. The quantitative estimate of drug-likeness (QED) is 0.410. The Morgan fingerprint density at radius 1 is 1.29 bits per heavy atom. The first kappa shape index (κ1) is 22.2. The SMILES string of the molecule is Cc1cc(C=C(C#N)C(=O)NCc2ccco2)c(C)n1-c1ccc(Cl)c(C(F)(F)F)c1. The molecule has 1 aromatic carbocycles. The molecule has 1 amide bonds. The molecule has 5 nitrogen and oxygen atoms in total. The Hall–Kier alpha value is -3.44. The molecule has 0 spiro atoms. The maximum absolute atomic E-state index is 13.2. The fourth-order valence-corrected chi connectivity index (χ4v) is 3.41. The molecule has 3 aromatic rings. The van der Waals surface area contributed by atoms with Crippen LogP contribution in [0.15, 0.2) is 52.7 Å². The van der Waals surface area contributed by atoms with Gasteiger partial charge in [0.05, 0.1) is 23.4 Å². The molecule has 0 fully saturated rings. The minimum Gasteiger partial charge on any atom is -0.467 e. The highest BCUT2D eigenvalue weighted by Crippen LogP contribution is 2.36. The zero-order chi connectivity index (χ0) is 22.8. The number of nitrogens with zero attached hydrogens (tertiary/aromatic N) is 2. The fourth-order valence-electron chi connectivity index (χ4n) is 3.18. The molecule has 3 rings (SSSR count). The minimum atomic E-state index is -4.59. The van der Waals surface area contributed by atoms with Gasteiger partial charge in [0.2, 0.25) is 0 Å². The summed E-state index contributed by atoms with van der Waals surface area (Å²) in [6.07, 6.45) is -1.72. The molecular formula is C22H17ClF3N3O2. The van der Waals surface area contributed by atoms with Crippen LogP contribution in [-0.4, -0.2) is 10.5 Å². The van der Waals surface area contributed by atoms with E-state index in [2.05, 4.69) is 5.32 Å². The van der Waals surface area contributed by atoms with E-state index in [4.69, 9.17) is 16.0 Å². The first-order valence-electron chi connectivity index (χ1n) is 9.10. The molecule has 9 heteroatoms. The minimum absolute atomic E-state index is 0.120. The van der Waals surface area contributed by atoms with E-state index < -0.39 is 17.6 Å². The van der Waals surface area contributed by atoms with Gasteiger partial charge in [-0.3, -0.25) is 4.79 Å². The summed E-state index contributed by atoms with van der Waals surface area (Å²) >= 11 is 5.72. The van der Waals surface area contributed by atoms with Crippen LogP contribution < -0.4 is 5.32 Å². The Morgan fingerprint density at radius 3 is 2.65 bits per heavy atom. The van der Waals surface area contributed by atoms with Crippen molar-refractivity contribution in [3.8, 4) is 11.8 Å². The number of hydrogen-bond donors (Lipinski definition) is 1. The highest BCUT2D eigenvalue weighted by atomic mass is 35.5. The molecule has 2 aromatic heterocycles. The first-order chi connectivity index (χ1) is 14.6. The second-order valence-electron chi connectivity index (χ2n) is 6.76. The third-order valence-corrected chi connectivity index (χ3v) is 4.98. The summed E-state index contributed by atoms with van der Waals surface area (Å²) in [7, 11) is 0. The van der Waals surface area contributed by atoms with E-state index in [0.29, 0.717) is 22.7 Å². The van der Waals surface area contributed by atoms with Gasteiger partial charge in [-0.15, -0.1) is 0 Å². The van der Waals surface area contributed by atoms with Crippen LogP contribution in [0.4, 0.5) is 13.2 Å². The van der Waals surface area contributed by atoms with Gasteiger partial charge in [-0.2, -0.15) is 18.4 Å². The van der Waals surface area contributed by atoms with Crippen molar-refractivity contribution in [3.05, 3.63) is 81.5 Å². The van der Waals surface area contributed by atoms with Gasteiger partial charge in [0.25, 0.3) is 5.91 Å². The largest absolute Gasteiger partial charge is 0.467 e. The van der Waals surface area contributed by atoms with Crippen molar-refractivity contribution in [1.82, 2.24) is 9.88 Å². The number of halogens is 4. The third-order valence-electron chi connectivity index (χ3n) is 4.65. The lowest BCUT2D eigenvalue weighted by molar-refractivity contribution is -0.137. The Labute approximate surface area is 181 Å². The molecule has 0 aliphatic carbocycles. The molecule has 31 heavy (non-hydrogen) atoms. The van der Waals surface area contributed by atoms with Crippen LogP contribution in [0.5, 0.6) is 0 Å². The van der Waals surface area contributed by atoms with Crippen LogP contribution >= 0.6 is 11.6 Å². The lowest BCUT2D eigenvalue weighted by Gasteiger charge is -2.14. The molecule has 1 N–H and O–H groups in total.